The second-order valence-corrected chi connectivity index (χ2v) is 1.53. The topological polar surface area (TPSA) is 67.8 Å². The molecule has 1 aliphatic rings. The molecule has 50 valence electrons. The third-order valence-electron chi connectivity index (χ3n) is 0.855. The standard InChI is InChI=1S/C4H5NO4/c1-2-3(4(6)7)8-9-5-2/h5H,1H3,(H,6,7). The van der Waals surface area contributed by atoms with Gasteiger partial charge in [-0.05, 0) is 6.92 Å². The van der Waals surface area contributed by atoms with Gasteiger partial charge in [0.2, 0.25) is 0 Å². The second-order valence-electron chi connectivity index (χ2n) is 1.53. The van der Waals surface area contributed by atoms with E-state index >= 15 is 0 Å². The van der Waals surface area contributed by atoms with E-state index in [-0.39, 0.29) is 5.76 Å². The van der Waals surface area contributed by atoms with Crippen LogP contribution in [0.1, 0.15) is 6.92 Å². The molecule has 0 aliphatic carbocycles. The molecule has 0 aromatic heterocycles. The predicted molar refractivity (Wildman–Crippen MR) is 25.6 cm³/mol. The van der Waals surface area contributed by atoms with E-state index in [1.807, 2.05) is 0 Å². The zero-order valence-electron chi connectivity index (χ0n) is 4.67. The van der Waals surface area contributed by atoms with E-state index in [9.17, 15) is 4.79 Å². The number of carboxylic acid groups (broad SMARTS) is 1. The molecule has 0 atom stereocenters. The molecule has 1 aliphatic heterocycles. The van der Waals surface area contributed by atoms with Gasteiger partial charge in [-0.1, -0.05) is 4.99 Å². The van der Waals surface area contributed by atoms with E-state index in [2.05, 4.69) is 15.4 Å². The second kappa shape index (κ2) is 1.94. The Morgan fingerprint density at radius 2 is 2.44 bits per heavy atom. The molecule has 0 amide bonds. The molecule has 2 N–H and O–H groups in total. The molecule has 0 saturated heterocycles. The van der Waals surface area contributed by atoms with Crippen LogP contribution in [0, 0.1) is 0 Å². The minimum atomic E-state index is -1.14. The van der Waals surface area contributed by atoms with Gasteiger partial charge in [-0.25, -0.2) is 10.3 Å². The SMILES string of the molecule is CC1=C(C(=O)O)OON1. The van der Waals surface area contributed by atoms with Gasteiger partial charge in [-0.2, -0.15) is 0 Å². The molecule has 0 aromatic carbocycles. The van der Waals surface area contributed by atoms with Gasteiger partial charge in [-0.3, -0.25) is 0 Å². The van der Waals surface area contributed by atoms with Crippen LogP contribution in [0.5, 0.6) is 0 Å². The summed E-state index contributed by atoms with van der Waals surface area (Å²) in [6, 6.07) is 0. The van der Waals surface area contributed by atoms with Crippen LogP contribution >= 0.6 is 0 Å². The number of hydroxylamine groups is 1. The van der Waals surface area contributed by atoms with Gasteiger partial charge >= 0.3 is 5.97 Å². The van der Waals surface area contributed by atoms with Crippen molar-refractivity contribution in [2.24, 2.45) is 0 Å². The van der Waals surface area contributed by atoms with Crippen LogP contribution < -0.4 is 5.48 Å². The summed E-state index contributed by atoms with van der Waals surface area (Å²) in [7, 11) is 0. The first-order valence-electron chi connectivity index (χ1n) is 2.25. The van der Waals surface area contributed by atoms with Crippen molar-refractivity contribution in [1.29, 1.82) is 0 Å². The average Bonchev–Trinajstić information content (AvgIpc) is 2.13. The lowest BCUT2D eigenvalue weighted by Crippen LogP contribution is -2.02. The largest absolute Gasteiger partial charge is 0.475 e. The fourth-order valence-electron chi connectivity index (χ4n) is 0.430. The molecule has 0 aromatic rings. The average molecular weight is 131 g/mol. The van der Waals surface area contributed by atoms with Gasteiger partial charge in [0.15, 0.2) is 0 Å². The normalized spacial score (nSPS) is 17.0. The van der Waals surface area contributed by atoms with Gasteiger partial charge in [0.25, 0.3) is 5.76 Å². The van der Waals surface area contributed by atoms with Crippen LogP contribution in [0.25, 0.3) is 0 Å². The Morgan fingerprint density at radius 1 is 1.78 bits per heavy atom. The molecule has 0 bridgehead atoms. The van der Waals surface area contributed by atoms with Gasteiger partial charge in [0.1, 0.15) is 0 Å². The van der Waals surface area contributed by atoms with Crippen molar-refractivity contribution >= 4 is 5.97 Å². The quantitative estimate of drug-likeness (QED) is 0.481. The molecule has 0 radical (unpaired) electrons. The first kappa shape index (κ1) is 5.90. The minimum Gasteiger partial charge on any atom is -0.475 e. The summed E-state index contributed by atoms with van der Waals surface area (Å²) in [6.07, 6.45) is 0. The number of hydrogen-bond acceptors (Lipinski definition) is 4. The zero-order valence-corrected chi connectivity index (χ0v) is 4.67. The summed E-state index contributed by atoms with van der Waals surface area (Å²) in [4.78, 5) is 18.4. The van der Waals surface area contributed by atoms with Gasteiger partial charge in [0.05, 0.1) is 5.70 Å². The Morgan fingerprint density at radius 3 is 2.67 bits per heavy atom. The Bertz CT molecular complexity index is 173. The summed E-state index contributed by atoms with van der Waals surface area (Å²) in [6.45, 7) is 1.54. The van der Waals surface area contributed by atoms with Crippen molar-refractivity contribution in [2.75, 3.05) is 0 Å². The van der Waals surface area contributed by atoms with Gasteiger partial charge < -0.3 is 9.99 Å². The summed E-state index contributed by atoms with van der Waals surface area (Å²) < 4.78 is 0. The summed E-state index contributed by atoms with van der Waals surface area (Å²) in [5.74, 6) is -1.34. The zero-order chi connectivity index (χ0) is 6.85. The van der Waals surface area contributed by atoms with Crippen LogP contribution in [-0.4, -0.2) is 11.1 Å². The monoisotopic (exact) mass is 131 g/mol. The summed E-state index contributed by atoms with van der Waals surface area (Å²) in [5.41, 5.74) is 2.59. The van der Waals surface area contributed by atoms with Crippen LogP contribution in [0.4, 0.5) is 0 Å². The third kappa shape index (κ3) is 0.945. The van der Waals surface area contributed by atoms with Gasteiger partial charge in [-0.15, -0.1) is 0 Å². The van der Waals surface area contributed by atoms with E-state index in [1.54, 1.807) is 0 Å². The lowest BCUT2D eigenvalue weighted by atomic mass is 10.4. The smallest absolute Gasteiger partial charge is 0.377 e. The maximum atomic E-state index is 10.1. The highest BCUT2D eigenvalue weighted by atomic mass is 17.3. The molecule has 5 nitrogen and oxygen atoms in total. The number of aliphatic carboxylic acids is 1. The minimum absolute atomic E-state index is 0.199. The van der Waals surface area contributed by atoms with E-state index in [4.69, 9.17) is 5.11 Å². The van der Waals surface area contributed by atoms with Crippen LogP contribution in [0.2, 0.25) is 0 Å². The van der Waals surface area contributed by atoms with Gasteiger partial charge in [0, 0.05) is 0 Å². The molecule has 0 fully saturated rings. The summed E-state index contributed by atoms with van der Waals surface area (Å²) >= 11 is 0. The number of allylic oxidation sites excluding steroid dienone is 1. The fraction of sp³-hybridized carbons (Fsp3) is 0.250. The first-order valence-corrected chi connectivity index (χ1v) is 2.25. The molecule has 1 heterocycles. The van der Waals surface area contributed by atoms with E-state index in [1.165, 1.54) is 6.92 Å². The fourth-order valence-corrected chi connectivity index (χ4v) is 0.430. The highest BCUT2D eigenvalue weighted by Crippen LogP contribution is 2.09. The maximum absolute atomic E-state index is 10.1. The number of hydrogen-bond donors (Lipinski definition) is 2. The Balaban J connectivity index is 2.78. The molecule has 0 unspecified atom stereocenters. The predicted octanol–water partition coefficient (Wildman–Crippen LogP) is -0.231. The van der Waals surface area contributed by atoms with Crippen LogP contribution in [0.3, 0.4) is 0 Å². The number of rotatable bonds is 1. The summed E-state index contributed by atoms with van der Waals surface area (Å²) in [5, 5.41) is 8.28. The third-order valence-corrected chi connectivity index (χ3v) is 0.855. The Kier molecular flexibility index (Phi) is 1.27. The Hall–Kier alpha value is -1.23. The van der Waals surface area contributed by atoms with E-state index < -0.39 is 5.97 Å². The van der Waals surface area contributed by atoms with Crippen molar-refractivity contribution in [1.82, 2.24) is 5.48 Å². The van der Waals surface area contributed by atoms with Crippen molar-refractivity contribution in [2.45, 2.75) is 6.92 Å². The van der Waals surface area contributed by atoms with E-state index in [0.29, 0.717) is 5.70 Å². The molecule has 9 heavy (non-hydrogen) atoms. The van der Waals surface area contributed by atoms with Crippen molar-refractivity contribution in [3.8, 4) is 0 Å². The molecular weight excluding hydrogens is 126 g/mol. The lowest BCUT2D eigenvalue weighted by molar-refractivity contribution is -0.276. The number of nitrogens with one attached hydrogen (secondary N) is 1. The highest BCUT2D eigenvalue weighted by Gasteiger charge is 2.20. The lowest BCUT2D eigenvalue weighted by Gasteiger charge is -1.88. The van der Waals surface area contributed by atoms with Crippen LogP contribution in [-0.2, 0) is 14.7 Å². The van der Waals surface area contributed by atoms with Crippen molar-refractivity contribution in [3.63, 3.8) is 0 Å². The highest BCUT2D eigenvalue weighted by molar-refractivity contribution is 5.85. The Labute approximate surface area is 50.8 Å². The molecule has 0 saturated carbocycles. The molecule has 1 rings (SSSR count). The van der Waals surface area contributed by atoms with Crippen molar-refractivity contribution < 1.29 is 19.8 Å². The number of carbonyl (C=O) groups is 1. The van der Waals surface area contributed by atoms with Crippen molar-refractivity contribution in [3.05, 3.63) is 11.5 Å². The first-order chi connectivity index (χ1) is 4.22. The van der Waals surface area contributed by atoms with Crippen LogP contribution in [0.15, 0.2) is 11.5 Å². The molecule has 5 heteroatoms. The number of carboxylic acids is 1. The molecule has 0 spiro atoms. The maximum Gasteiger partial charge on any atom is 0.377 e. The van der Waals surface area contributed by atoms with E-state index in [0.717, 1.165) is 0 Å². The molecular formula is C4H5NO4.